The molecule has 60 valence electrons. The number of hydrogen-bond acceptors (Lipinski definition) is 2. The normalized spacial score (nSPS) is 34.0. The monoisotopic (exact) mass is 164 g/mol. The Kier molecular flexibility index (Phi) is 1.98. The van der Waals surface area contributed by atoms with Gasteiger partial charge in [-0.3, -0.25) is 0 Å². The Morgan fingerprint density at radius 2 is 2.20 bits per heavy atom. The van der Waals surface area contributed by atoms with E-state index >= 15 is 0 Å². The maximum absolute atomic E-state index is 11.0. The van der Waals surface area contributed by atoms with Crippen LogP contribution in [-0.4, -0.2) is 32.4 Å². The van der Waals surface area contributed by atoms with Crippen LogP contribution in [-0.2, 0) is 10.2 Å². The molecule has 1 aliphatic rings. The van der Waals surface area contributed by atoms with E-state index < -0.39 is 10.2 Å². The van der Waals surface area contributed by atoms with Gasteiger partial charge in [-0.2, -0.15) is 17.4 Å². The summed E-state index contributed by atoms with van der Waals surface area (Å²) in [6, 6.07) is 0.0844. The van der Waals surface area contributed by atoms with Gasteiger partial charge in [0.25, 0.3) is 10.2 Å². The summed E-state index contributed by atoms with van der Waals surface area (Å²) in [6.45, 7) is 2.49. The Bertz CT molecular complexity index is 212. The third-order valence-corrected chi connectivity index (χ3v) is 3.34. The molecule has 1 fully saturated rings. The van der Waals surface area contributed by atoms with Crippen molar-refractivity contribution in [2.45, 2.75) is 19.4 Å². The second-order valence-electron chi connectivity index (χ2n) is 2.63. The molecule has 0 saturated carbocycles. The van der Waals surface area contributed by atoms with Crippen LogP contribution in [0.25, 0.3) is 0 Å². The summed E-state index contributed by atoms with van der Waals surface area (Å²) in [6.07, 6.45) is 0.885. The van der Waals surface area contributed by atoms with E-state index in [-0.39, 0.29) is 6.04 Å². The van der Waals surface area contributed by atoms with E-state index in [9.17, 15) is 8.42 Å². The standard InChI is InChI=1S/C5H12N2O2S/c1-5-3-4-7(2)10(8,9)6-5/h5-6H,3-4H2,1-2H3. The minimum absolute atomic E-state index is 0.0844. The second-order valence-corrected chi connectivity index (χ2v) is 4.44. The Labute approximate surface area is 61.4 Å². The van der Waals surface area contributed by atoms with E-state index in [0.717, 1.165) is 6.42 Å². The summed E-state index contributed by atoms with van der Waals surface area (Å²) >= 11 is 0. The van der Waals surface area contributed by atoms with Gasteiger partial charge in [0, 0.05) is 19.6 Å². The third kappa shape index (κ3) is 1.47. The highest BCUT2D eigenvalue weighted by Crippen LogP contribution is 2.06. The van der Waals surface area contributed by atoms with Crippen LogP contribution in [0.5, 0.6) is 0 Å². The molecule has 1 unspecified atom stereocenters. The van der Waals surface area contributed by atoms with Crippen molar-refractivity contribution in [1.82, 2.24) is 9.03 Å². The van der Waals surface area contributed by atoms with Crippen molar-refractivity contribution in [1.29, 1.82) is 0 Å². The highest BCUT2D eigenvalue weighted by atomic mass is 32.2. The molecule has 1 atom stereocenters. The maximum Gasteiger partial charge on any atom is 0.279 e. The van der Waals surface area contributed by atoms with Gasteiger partial charge in [-0.1, -0.05) is 0 Å². The molecule has 0 spiro atoms. The van der Waals surface area contributed by atoms with Crippen LogP contribution in [0.15, 0.2) is 0 Å². The molecule has 0 aromatic heterocycles. The highest BCUT2D eigenvalue weighted by Gasteiger charge is 2.25. The quantitative estimate of drug-likeness (QED) is 0.527. The first-order valence-corrected chi connectivity index (χ1v) is 4.70. The molecule has 10 heavy (non-hydrogen) atoms. The van der Waals surface area contributed by atoms with E-state index in [1.165, 1.54) is 4.31 Å². The molecule has 1 heterocycles. The molecule has 0 aromatic carbocycles. The van der Waals surface area contributed by atoms with Gasteiger partial charge in [0.1, 0.15) is 0 Å². The first-order chi connectivity index (χ1) is 4.52. The summed E-state index contributed by atoms with van der Waals surface area (Å²) < 4.78 is 25.8. The van der Waals surface area contributed by atoms with E-state index in [2.05, 4.69) is 4.72 Å². The number of nitrogens with one attached hydrogen (secondary N) is 1. The predicted molar refractivity (Wildman–Crippen MR) is 38.8 cm³/mol. The Morgan fingerprint density at radius 1 is 1.60 bits per heavy atom. The first-order valence-electron chi connectivity index (χ1n) is 3.26. The largest absolute Gasteiger partial charge is 0.279 e. The lowest BCUT2D eigenvalue weighted by Crippen LogP contribution is -2.48. The second kappa shape index (κ2) is 2.48. The minimum atomic E-state index is -3.13. The van der Waals surface area contributed by atoms with Crippen LogP contribution in [0.2, 0.25) is 0 Å². The molecule has 0 amide bonds. The fourth-order valence-corrected chi connectivity index (χ4v) is 2.05. The topological polar surface area (TPSA) is 49.4 Å². The first kappa shape index (κ1) is 7.97. The van der Waals surface area contributed by atoms with Crippen LogP contribution in [0.1, 0.15) is 13.3 Å². The van der Waals surface area contributed by atoms with E-state index in [1.807, 2.05) is 6.92 Å². The summed E-state index contributed by atoms with van der Waals surface area (Å²) in [7, 11) is -1.55. The molecular formula is C5H12N2O2S. The van der Waals surface area contributed by atoms with Gasteiger partial charge in [-0.15, -0.1) is 0 Å². The minimum Gasteiger partial charge on any atom is -0.199 e. The van der Waals surface area contributed by atoms with Gasteiger partial charge >= 0.3 is 0 Å². The highest BCUT2D eigenvalue weighted by molar-refractivity contribution is 7.87. The van der Waals surface area contributed by atoms with Crippen LogP contribution < -0.4 is 4.72 Å². The van der Waals surface area contributed by atoms with Gasteiger partial charge in [-0.25, -0.2) is 0 Å². The molecule has 1 aliphatic heterocycles. The van der Waals surface area contributed by atoms with Gasteiger partial charge in [-0.05, 0) is 13.3 Å². The van der Waals surface area contributed by atoms with Crippen molar-refractivity contribution in [3.8, 4) is 0 Å². The zero-order valence-corrected chi connectivity index (χ0v) is 6.98. The van der Waals surface area contributed by atoms with Crippen LogP contribution in [0, 0.1) is 0 Å². The predicted octanol–water partition coefficient (Wildman–Crippen LogP) is -0.455. The SMILES string of the molecule is CC1CCN(C)S(=O)(=O)N1. The lowest BCUT2D eigenvalue weighted by Gasteiger charge is -2.27. The fraction of sp³-hybridized carbons (Fsp3) is 1.00. The van der Waals surface area contributed by atoms with E-state index in [0.29, 0.717) is 6.54 Å². The molecule has 4 nitrogen and oxygen atoms in total. The summed E-state index contributed by atoms with van der Waals surface area (Å²) in [5.41, 5.74) is 0. The molecule has 0 radical (unpaired) electrons. The molecule has 1 N–H and O–H groups in total. The van der Waals surface area contributed by atoms with Crippen molar-refractivity contribution < 1.29 is 8.42 Å². The molecule has 0 aromatic rings. The average Bonchev–Trinajstić information content (AvgIpc) is 1.78. The van der Waals surface area contributed by atoms with Crippen molar-refractivity contribution >= 4 is 10.2 Å². The van der Waals surface area contributed by atoms with E-state index in [4.69, 9.17) is 0 Å². The fourth-order valence-electron chi connectivity index (χ4n) is 0.899. The smallest absolute Gasteiger partial charge is 0.199 e. The zero-order valence-electron chi connectivity index (χ0n) is 6.16. The van der Waals surface area contributed by atoms with Gasteiger partial charge < -0.3 is 0 Å². The average molecular weight is 164 g/mol. The lowest BCUT2D eigenvalue weighted by atomic mass is 10.2. The van der Waals surface area contributed by atoms with Gasteiger partial charge in [0.05, 0.1) is 0 Å². The van der Waals surface area contributed by atoms with Crippen LogP contribution in [0.3, 0.4) is 0 Å². The number of rotatable bonds is 0. The molecule has 0 aliphatic carbocycles. The molecule has 1 saturated heterocycles. The van der Waals surface area contributed by atoms with Crippen molar-refractivity contribution in [3.63, 3.8) is 0 Å². The Morgan fingerprint density at radius 3 is 2.60 bits per heavy atom. The van der Waals surface area contributed by atoms with E-state index in [1.54, 1.807) is 7.05 Å². The van der Waals surface area contributed by atoms with Crippen molar-refractivity contribution in [2.75, 3.05) is 13.6 Å². The summed E-state index contributed by atoms with van der Waals surface area (Å²) in [4.78, 5) is 0. The zero-order chi connectivity index (χ0) is 7.78. The van der Waals surface area contributed by atoms with Gasteiger partial charge in [0.15, 0.2) is 0 Å². The number of nitrogens with zero attached hydrogens (tertiary/aromatic N) is 1. The third-order valence-electron chi connectivity index (χ3n) is 1.64. The van der Waals surface area contributed by atoms with Crippen molar-refractivity contribution in [2.24, 2.45) is 0 Å². The lowest BCUT2D eigenvalue weighted by molar-refractivity contribution is 0.388. The Hall–Kier alpha value is -0.130. The molecule has 5 heteroatoms. The summed E-state index contributed by atoms with van der Waals surface area (Å²) in [5, 5.41) is 0. The Balaban J connectivity index is 2.74. The number of hydrogen-bond donors (Lipinski definition) is 1. The summed E-state index contributed by atoms with van der Waals surface area (Å²) in [5.74, 6) is 0. The molecule has 1 rings (SSSR count). The van der Waals surface area contributed by atoms with Crippen LogP contribution >= 0.6 is 0 Å². The molecule has 0 bridgehead atoms. The van der Waals surface area contributed by atoms with Crippen LogP contribution in [0.4, 0.5) is 0 Å². The van der Waals surface area contributed by atoms with Gasteiger partial charge in [0.2, 0.25) is 0 Å². The molecular weight excluding hydrogens is 152 g/mol. The van der Waals surface area contributed by atoms with Crippen molar-refractivity contribution in [3.05, 3.63) is 0 Å². The maximum atomic E-state index is 11.0.